The van der Waals surface area contributed by atoms with Crippen molar-refractivity contribution < 1.29 is 23.8 Å². The number of hydrogen-bond acceptors (Lipinski definition) is 5. The number of aryl methyl sites for hydroxylation is 1. The smallest absolute Gasteiger partial charge is 0.332 e. The molecule has 0 unspecified atom stereocenters. The van der Waals surface area contributed by atoms with Crippen LogP contribution in [0.3, 0.4) is 0 Å². The van der Waals surface area contributed by atoms with Crippen molar-refractivity contribution in [1.82, 2.24) is 0 Å². The van der Waals surface area contributed by atoms with Crippen molar-refractivity contribution in [2.24, 2.45) is 0 Å². The van der Waals surface area contributed by atoms with Crippen LogP contribution in [-0.2, 0) is 19.1 Å². The molecule has 0 aliphatic heterocycles. The monoisotopic (exact) mass is 343 g/mol. The molecule has 0 bridgehead atoms. The van der Waals surface area contributed by atoms with E-state index in [2.05, 4.69) is 5.32 Å². The summed E-state index contributed by atoms with van der Waals surface area (Å²) >= 11 is 0. The fourth-order valence-electron chi connectivity index (χ4n) is 2.02. The second kappa shape index (κ2) is 10.1. The lowest BCUT2D eigenvalue weighted by Gasteiger charge is -2.08. The standard InChI is InChI=1S/C19H21NO5/c1-15-6-5-7-16(12-15)20-18(21)13-23-14-19(22)25-11-10-24-17-8-3-2-4-9-17/h2-9,12H,10-11,13-14H2,1H3,(H,20,21). The summed E-state index contributed by atoms with van der Waals surface area (Å²) in [4.78, 5) is 23.2. The Morgan fingerprint density at radius 3 is 2.52 bits per heavy atom. The van der Waals surface area contributed by atoms with Crippen molar-refractivity contribution in [1.29, 1.82) is 0 Å². The van der Waals surface area contributed by atoms with Crippen LogP contribution in [0.5, 0.6) is 5.75 Å². The van der Waals surface area contributed by atoms with Crippen LogP contribution in [0.15, 0.2) is 54.6 Å². The first-order valence-corrected chi connectivity index (χ1v) is 7.91. The molecule has 6 heteroatoms. The predicted octanol–water partition coefficient (Wildman–Crippen LogP) is 2.57. The lowest BCUT2D eigenvalue weighted by molar-refractivity contribution is -0.150. The van der Waals surface area contributed by atoms with Crippen LogP contribution < -0.4 is 10.1 Å². The van der Waals surface area contributed by atoms with Crippen molar-refractivity contribution in [3.63, 3.8) is 0 Å². The molecule has 0 aromatic heterocycles. The Labute approximate surface area is 146 Å². The number of anilines is 1. The number of esters is 1. The lowest BCUT2D eigenvalue weighted by atomic mass is 10.2. The number of hydrogen-bond donors (Lipinski definition) is 1. The number of ether oxygens (including phenoxy) is 3. The van der Waals surface area contributed by atoms with Gasteiger partial charge in [-0.2, -0.15) is 0 Å². The number of carbonyl (C=O) groups excluding carboxylic acids is 2. The normalized spacial score (nSPS) is 10.1. The van der Waals surface area contributed by atoms with Crippen LogP contribution in [0.2, 0.25) is 0 Å². The molecule has 0 spiro atoms. The number of rotatable bonds is 9. The highest BCUT2D eigenvalue weighted by atomic mass is 16.6. The summed E-state index contributed by atoms with van der Waals surface area (Å²) in [7, 11) is 0. The molecule has 0 saturated heterocycles. The van der Waals surface area contributed by atoms with E-state index < -0.39 is 5.97 Å². The van der Waals surface area contributed by atoms with Gasteiger partial charge in [-0.3, -0.25) is 4.79 Å². The average molecular weight is 343 g/mol. The maximum absolute atomic E-state index is 11.7. The minimum atomic E-state index is -0.542. The van der Waals surface area contributed by atoms with Gasteiger partial charge >= 0.3 is 5.97 Å². The second-order valence-corrected chi connectivity index (χ2v) is 5.29. The zero-order chi connectivity index (χ0) is 17.9. The van der Waals surface area contributed by atoms with Gasteiger partial charge in [0.05, 0.1) is 0 Å². The van der Waals surface area contributed by atoms with Crippen LogP contribution in [-0.4, -0.2) is 38.3 Å². The number of amides is 1. The Balaban J connectivity index is 1.55. The largest absolute Gasteiger partial charge is 0.490 e. The van der Waals surface area contributed by atoms with Crippen LogP contribution in [0.1, 0.15) is 5.56 Å². The van der Waals surface area contributed by atoms with Gasteiger partial charge in [0.1, 0.15) is 32.2 Å². The third-order valence-electron chi connectivity index (χ3n) is 3.11. The van der Waals surface area contributed by atoms with E-state index in [1.165, 1.54) is 0 Å². The van der Waals surface area contributed by atoms with Crippen molar-refractivity contribution in [2.75, 3.05) is 31.7 Å². The number of para-hydroxylation sites is 1. The van der Waals surface area contributed by atoms with Gasteiger partial charge in [-0.15, -0.1) is 0 Å². The molecule has 1 amide bonds. The fraction of sp³-hybridized carbons (Fsp3) is 0.263. The molecule has 25 heavy (non-hydrogen) atoms. The SMILES string of the molecule is Cc1cccc(NC(=O)COCC(=O)OCCOc2ccccc2)c1. The summed E-state index contributed by atoms with van der Waals surface area (Å²) < 4.78 is 15.4. The highest BCUT2D eigenvalue weighted by molar-refractivity contribution is 5.91. The topological polar surface area (TPSA) is 73.9 Å². The van der Waals surface area contributed by atoms with Gasteiger partial charge < -0.3 is 19.5 Å². The van der Waals surface area contributed by atoms with E-state index in [9.17, 15) is 9.59 Å². The minimum absolute atomic E-state index is 0.118. The molecule has 2 aromatic rings. The van der Waals surface area contributed by atoms with E-state index in [4.69, 9.17) is 14.2 Å². The molecular weight excluding hydrogens is 322 g/mol. The average Bonchev–Trinajstić information content (AvgIpc) is 2.60. The molecule has 0 heterocycles. The summed E-state index contributed by atoms with van der Waals surface area (Å²) in [6, 6.07) is 16.7. The van der Waals surface area contributed by atoms with Crippen molar-refractivity contribution in [3.05, 3.63) is 60.2 Å². The molecule has 1 N–H and O–H groups in total. The summed E-state index contributed by atoms with van der Waals surface area (Å²) in [6.45, 7) is 1.80. The molecule has 0 aliphatic carbocycles. The van der Waals surface area contributed by atoms with Crippen molar-refractivity contribution in [2.45, 2.75) is 6.92 Å². The van der Waals surface area contributed by atoms with E-state index in [1.54, 1.807) is 6.07 Å². The zero-order valence-electron chi connectivity index (χ0n) is 14.1. The van der Waals surface area contributed by atoms with Gasteiger partial charge in [-0.25, -0.2) is 4.79 Å². The third-order valence-corrected chi connectivity index (χ3v) is 3.11. The van der Waals surface area contributed by atoms with E-state index in [0.29, 0.717) is 11.4 Å². The number of nitrogens with one attached hydrogen (secondary N) is 1. The molecule has 0 atom stereocenters. The Morgan fingerprint density at radius 1 is 0.960 bits per heavy atom. The Kier molecular flexibility index (Phi) is 7.46. The molecular formula is C19H21NO5. The van der Waals surface area contributed by atoms with Gasteiger partial charge in [-0.1, -0.05) is 30.3 Å². The van der Waals surface area contributed by atoms with Crippen molar-refractivity contribution in [3.8, 4) is 5.75 Å². The van der Waals surface area contributed by atoms with E-state index >= 15 is 0 Å². The van der Waals surface area contributed by atoms with Gasteiger partial charge in [0.15, 0.2) is 0 Å². The lowest BCUT2D eigenvalue weighted by Crippen LogP contribution is -2.22. The third kappa shape index (κ3) is 7.50. The summed E-state index contributed by atoms with van der Waals surface area (Å²) in [5, 5.41) is 2.69. The predicted molar refractivity (Wildman–Crippen MR) is 93.5 cm³/mol. The molecule has 0 radical (unpaired) electrons. The highest BCUT2D eigenvalue weighted by Gasteiger charge is 2.07. The molecule has 0 aliphatic rings. The Bertz CT molecular complexity index is 687. The van der Waals surface area contributed by atoms with Crippen LogP contribution in [0.25, 0.3) is 0 Å². The molecule has 2 rings (SSSR count). The van der Waals surface area contributed by atoms with Crippen molar-refractivity contribution >= 4 is 17.6 Å². The van der Waals surface area contributed by atoms with Gasteiger partial charge in [0, 0.05) is 5.69 Å². The number of benzene rings is 2. The Hall–Kier alpha value is -2.86. The zero-order valence-corrected chi connectivity index (χ0v) is 14.1. The van der Waals surface area contributed by atoms with E-state index in [-0.39, 0.29) is 32.3 Å². The van der Waals surface area contributed by atoms with Crippen LogP contribution in [0.4, 0.5) is 5.69 Å². The first-order chi connectivity index (χ1) is 12.1. The van der Waals surface area contributed by atoms with Crippen LogP contribution >= 0.6 is 0 Å². The molecule has 0 fully saturated rings. The van der Waals surface area contributed by atoms with E-state index in [1.807, 2.05) is 55.5 Å². The van der Waals surface area contributed by atoms with Crippen LogP contribution in [0, 0.1) is 6.92 Å². The Morgan fingerprint density at radius 2 is 1.76 bits per heavy atom. The minimum Gasteiger partial charge on any atom is -0.490 e. The molecule has 0 saturated carbocycles. The highest BCUT2D eigenvalue weighted by Crippen LogP contribution is 2.09. The first-order valence-electron chi connectivity index (χ1n) is 7.91. The first kappa shape index (κ1) is 18.5. The quantitative estimate of drug-likeness (QED) is 0.559. The maximum Gasteiger partial charge on any atom is 0.332 e. The molecule has 132 valence electrons. The summed E-state index contributed by atoms with van der Waals surface area (Å²) in [5.74, 6) is -0.159. The molecule has 6 nitrogen and oxygen atoms in total. The van der Waals surface area contributed by atoms with Gasteiger partial charge in [-0.05, 0) is 36.8 Å². The number of carbonyl (C=O) groups is 2. The fourth-order valence-corrected chi connectivity index (χ4v) is 2.02. The second-order valence-electron chi connectivity index (χ2n) is 5.29. The molecule has 2 aromatic carbocycles. The van der Waals surface area contributed by atoms with Gasteiger partial charge in [0.2, 0.25) is 5.91 Å². The summed E-state index contributed by atoms with van der Waals surface area (Å²) in [6.07, 6.45) is 0. The maximum atomic E-state index is 11.7. The van der Waals surface area contributed by atoms with E-state index in [0.717, 1.165) is 5.56 Å². The summed E-state index contributed by atoms with van der Waals surface area (Å²) in [5.41, 5.74) is 1.73. The van der Waals surface area contributed by atoms with Gasteiger partial charge in [0.25, 0.3) is 0 Å².